The molecule has 1 aromatic heterocycles. The number of imidazole rings is 1. The van der Waals surface area contributed by atoms with Crippen molar-refractivity contribution in [2.75, 3.05) is 14.1 Å². The molecule has 0 aliphatic rings. The van der Waals surface area contributed by atoms with Crippen LogP contribution in [0.5, 0.6) is 0 Å². The van der Waals surface area contributed by atoms with Crippen LogP contribution < -0.4 is 5.32 Å². The van der Waals surface area contributed by atoms with Gasteiger partial charge < -0.3 is 9.88 Å². The van der Waals surface area contributed by atoms with Gasteiger partial charge >= 0.3 is 0 Å². The van der Waals surface area contributed by atoms with Gasteiger partial charge in [-0.15, -0.1) is 0 Å². The summed E-state index contributed by atoms with van der Waals surface area (Å²) in [5.41, 5.74) is 4.30. The standard InChI is InChI=1S/C25H36N4O2S/c1-7-9-19-10-12-20(13-11-19)25(18(3)4)26-17-24-27-22-16-21(32(30,31)28(5)6)14-15-23(22)29(24)8-2/h10-16,18,25-26H,7-9,17H2,1-6H3/t25-/m1/s1. The van der Waals surface area contributed by atoms with Crippen molar-refractivity contribution >= 4 is 21.1 Å². The summed E-state index contributed by atoms with van der Waals surface area (Å²) in [6, 6.07) is 14.3. The zero-order chi connectivity index (χ0) is 23.5. The highest BCUT2D eigenvalue weighted by atomic mass is 32.2. The molecule has 0 fully saturated rings. The third-order valence-corrected chi connectivity index (χ3v) is 7.73. The lowest BCUT2D eigenvalue weighted by atomic mass is 9.94. The number of hydrogen-bond donors (Lipinski definition) is 1. The van der Waals surface area contributed by atoms with Gasteiger partial charge in [-0.1, -0.05) is 51.5 Å². The van der Waals surface area contributed by atoms with Gasteiger partial charge in [0.05, 0.1) is 22.5 Å². The number of aryl methyl sites for hydroxylation is 2. The van der Waals surface area contributed by atoms with Crippen LogP contribution >= 0.6 is 0 Å². The highest BCUT2D eigenvalue weighted by molar-refractivity contribution is 7.89. The minimum absolute atomic E-state index is 0.209. The van der Waals surface area contributed by atoms with Crippen molar-refractivity contribution in [1.82, 2.24) is 19.2 Å². The molecule has 0 bridgehead atoms. The lowest BCUT2D eigenvalue weighted by Gasteiger charge is -2.23. The van der Waals surface area contributed by atoms with Gasteiger partial charge in [0.25, 0.3) is 0 Å². The van der Waals surface area contributed by atoms with Crippen LogP contribution in [0.15, 0.2) is 47.4 Å². The van der Waals surface area contributed by atoms with E-state index < -0.39 is 10.0 Å². The van der Waals surface area contributed by atoms with Crippen molar-refractivity contribution in [3.05, 3.63) is 59.4 Å². The molecule has 174 valence electrons. The van der Waals surface area contributed by atoms with Gasteiger partial charge in [-0.25, -0.2) is 17.7 Å². The first-order valence-electron chi connectivity index (χ1n) is 11.4. The summed E-state index contributed by atoms with van der Waals surface area (Å²) in [7, 11) is -0.407. The summed E-state index contributed by atoms with van der Waals surface area (Å²) >= 11 is 0. The highest BCUT2D eigenvalue weighted by Gasteiger charge is 2.21. The number of benzene rings is 2. The lowest BCUT2D eigenvalue weighted by Crippen LogP contribution is -2.26. The zero-order valence-corrected chi connectivity index (χ0v) is 20.9. The van der Waals surface area contributed by atoms with Crippen LogP contribution in [-0.2, 0) is 29.5 Å². The summed E-state index contributed by atoms with van der Waals surface area (Å²) in [6.07, 6.45) is 2.25. The molecule has 1 N–H and O–H groups in total. The topological polar surface area (TPSA) is 67.2 Å². The fourth-order valence-corrected chi connectivity index (χ4v) is 5.06. The second kappa shape index (κ2) is 10.1. The average Bonchev–Trinajstić information content (AvgIpc) is 3.11. The number of rotatable bonds is 10. The smallest absolute Gasteiger partial charge is 0.242 e. The van der Waals surface area contributed by atoms with Gasteiger partial charge in [-0.3, -0.25) is 0 Å². The van der Waals surface area contributed by atoms with Crippen LogP contribution in [0.4, 0.5) is 0 Å². The molecule has 32 heavy (non-hydrogen) atoms. The maximum atomic E-state index is 12.5. The fraction of sp³-hybridized carbons (Fsp3) is 0.480. The molecule has 0 saturated heterocycles. The third kappa shape index (κ3) is 5.05. The van der Waals surface area contributed by atoms with Gasteiger partial charge in [-0.05, 0) is 48.6 Å². The maximum Gasteiger partial charge on any atom is 0.242 e. The predicted molar refractivity (Wildman–Crippen MR) is 131 cm³/mol. The van der Waals surface area contributed by atoms with Gasteiger partial charge in [0.1, 0.15) is 5.82 Å². The molecule has 0 spiro atoms. The van der Waals surface area contributed by atoms with Crippen LogP contribution in [0.3, 0.4) is 0 Å². The van der Waals surface area contributed by atoms with Crippen LogP contribution in [-0.4, -0.2) is 36.4 Å². The first-order chi connectivity index (χ1) is 15.2. The molecule has 0 radical (unpaired) electrons. The fourth-order valence-electron chi connectivity index (χ4n) is 4.14. The van der Waals surface area contributed by atoms with E-state index in [1.807, 2.05) is 6.07 Å². The van der Waals surface area contributed by atoms with E-state index in [0.29, 0.717) is 18.0 Å². The number of nitrogens with zero attached hydrogens (tertiary/aromatic N) is 3. The van der Waals surface area contributed by atoms with Crippen molar-refractivity contribution < 1.29 is 8.42 Å². The maximum absolute atomic E-state index is 12.5. The van der Waals surface area contributed by atoms with Crippen molar-refractivity contribution in [2.45, 2.75) is 64.6 Å². The third-order valence-electron chi connectivity index (χ3n) is 5.92. The van der Waals surface area contributed by atoms with Crippen LogP contribution in [0.1, 0.15) is 57.1 Å². The van der Waals surface area contributed by atoms with Gasteiger partial charge in [0, 0.05) is 26.7 Å². The van der Waals surface area contributed by atoms with Crippen molar-refractivity contribution in [2.24, 2.45) is 5.92 Å². The average molecular weight is 457 g/mol. The number of hydrogen-bond acceptors (Lipinski definition) is 4. The molecular formula is C25H36N4O2S. The van der Waals surface area contributed by atoms with Crippen molar-refractivity contribution in [1.29, 1.82) is 0 Å². The molecule has 3 rings (SSSR count). The molecule has 0 aliphatic carbocycles. The highest BCUT2D eigenvalue weighted by Crippen LogP contribution is 2.25. The Hall–Kier alpha value is -2.22. The Morgan fingerprint density at radius 1 is 1.06 bits per heavy atom. The van der Waals surface area contributed by atoms with E-state index in [2.05, 4.69) is 61.8 Å². The molecule has 7 heteroatoms. The van der Waals surface area contributed by atoms with Gasteiger partial charge in [0.2, 0.25) is 10.0 Å². The Morgan fingerprint density at radius 3 is 2.31 bits per heavy atom. The number of nitrogens with one attached hydrogen (secondary N) is 1. The largest absolute Gasteiger partial charge is 0.327 e. The molecule has 0 saturated carbocycles. The van der Waals surface area contributed by atoms with E-state index in [-0.39, 0.29) is 10.9 Å². The van der Waals surface area contributed by atoms with E-state index in [1.165, 1.54) is 15.4 Å². The Morgan fingerprint density at radius 2 is 1.75 bits per heavy atom. The summed E-state index contributed by atoms with van der Waals surface area (Å²) in [5.74, 6) is 1.33. The Balaban J connectivity index is 1.88. The summed E-state index contributed by atoms with van der Waals surface area (Å²) < 4.78 is 28.4. The summed E-state index contributed by atoms with van der Waals surface area (Å²) in [5, 5.41) is 3.69. The second-order valence-corrected chi connectivity index (χ2v) is 11.0. The van der Waals surface area contributed by atoms with Crippen molar-refractivity contribution in [3.8, 4) is 0 Å². The molecule has 0 amide bonds. The molecule has 6 nitrogen and oxygen atoms in total. The quantitative estimate of drug-likeness (QED) is 0.478. The van der Waals surface area contributed by atoms with E-state index in [1.54, 1.807) is 26.2 Å². The molecule has 3 aromatic rings. The Kier molecular flexibility index (Phi) is 7.75. The normalized spacial score (nSPS) is 13.4. The second-order valence-electron chi connectivity index (χ2n) is 8.80. The first-order valence-corrected chi connectivity index (χ1v) is 12.9. The molecule has 2 aromatic carbocycles. The minimum Gasteiger partial charge on any atom is -0.327 e. The van der Waals surface area contributed by atoms with E-state index in [0.717, 1.165) is 30.7 Å². The van der Waals surface area contributed by atoms with E-state index in [4.69, 9.17) is 4.98 Å². The number of aromatic nitrogens is 2. The minimum atomic E-state index is -3.49. The molecule has 0 unspecified atom stereocenters. The summed E-state index contributed by atoms with van der Waals surface area (Å²) in [6.45, 7) is 10.1. The monoisotopic (exact) mass is 456 g/mol. The molecule has 0 aliphatic heterocycles. The van der Waals surface area contributed by atoms with Gasteiger partial charge in [0.15, 0.2) is 0 Å². The van der Waals surface area contributed by atoms with Crippen LogP contribution in [0, 0.1) is 5.92 Å². The molecule has 1 atom stereocenters. The first kappa shape index (κ1) is 24.4. The Bertz CT molecular complexity index is 1150. The van der Waals surface area contributed by atoms with Gasteiger partial charge in [-0.2, -0.15) is 0 Å². The lowest BCUT2D eigenvalue weighted by molar-refractivity contribution is 0.402. The number of fused-ring (bicyclic) bond motifs is 1. The van der Waals surface area contributed by atoms with Crippen LogP contribution in [0.25, 0.3) is 11.0 Å². The van der Waals surface area contributed by atoms with E-state index in [9.17, 15) is 8.42 Å². The Labute approximate surface area is 192 Å². The number of sulfonamides is 1. The summed E-state index contributed by atoms with van der Waals surface area (Å²) in [4.78, 5) is 5.06. The zero-order valence-electron chi connectivity index (χ0n) is 20.1. The van der Waals surface area contributed by atoms with Crippen molar-refractivity contribution in [3.63, 3.8) is 0 Å². The SMILES string of the molecule is CCCc1ccc([C@H](NCc2nc3cc(S(=O)(=O)N(C)C)ccc3n2CC)C(C)C)cc1. The predicted octanol–water partition coefficient (Wildman–Crippen LogP) is 4.75. The van der Waals surface area contributed by atoms with Crippen LogP contribution in [0.2, 0.25) is 0 Å². The van der Waals surface area contributed by atoms with E-state index >= 15 is 0 Å². The molecule has 1 heterocycles. The molecular weight excluding hydrogens is 420 g/mol.